The van der Waals surface area contributed by atoms with Gasteiger partial charge < -0.3 is 10.2 Å². The number of halogens is 1. The van der Waals surface area contributed by atoms with Crippen LogP contribution in [0.15, 0.2) is 83.8 Å². The van der Waals surface area contributed by atoms with Crippen molar-refractivity contribution in [1.82, 2.24) is 10.2 Å². The van der Waals surface area contributed by atoms with Gasteiger partial charge in [-0.15, -0.1) is 0 Å². The van der Waals surface area contributed by atoms with Gasteiger partial charge in [0.1, 0.15) is 12.6 Å². The molecule has 2 amide bonds. The number of anilines is 1. The summed E-state index contributed by atoms with van der Waals surface area (Å²) in [5.74, 6) is -1.02. The van der Waals surface area contributed by atoms with E-state index in [1.54, 1.807) is 49.4 Å². The molecule has 0 fully saturated rings. The number of nitrogens with one attached hydrogen (secondary N) is 1. The van der Waals surface area contributed by atoms with Crippen LogP contribution in [-0.4, -0.2) is 49.2 Å². The van der Waals surface area contributed by atoms with Crippen LogP contribution in [0.3, 0.4) is 0 Å². The number of rotatable bonds is 12. The van der Waals surface area contributed by atoms with Crippen LogP contribution in [0.5, 0.6) is 0 Å². The predicted molar refractivity (Wildman–Crippen MR) is 149 cm³/mol. The molecule has 3 rings (SSSR count). The maximum Gasteiger partial charge on any atom is 0.269 e. The number of nitro groups is 1. The molecular weight excluding hydrogens is 544 g/mol. The zero-order valence-electron chi connectivity index (χ0n) is 21.5. The minimum atomic E-state index is -4.26. The molecule has 10 nitrogen and oxygen atoms in total. The third-order valence-corrected chi connectivity index (χ3v) is 7.98. The highest BCUT2D eigenvalue weighted by atomic mass is 35.5. The van der Waals surface area contributed by atoms with Crippen molar-refractivity contribution in [3.05, 3.63) is 99.6 Å². The Hall–Kier alpha value is -3.96. The van der Waals surface area contributed by atoms with Gasteiger partial charge in [0.15, 0.2) is 0 Å². The van der Waals surface area contributed by atoms with Crippen LogP contribution in [0.4, 0.5) is 11.4 Å². The average Bonchev–Trinajstić information content (AvgIpc) is 2.94. The maximum absolute atomic E-state index is 13.8. The summed E-state index contributed by atoms with van der Waals surface area (Å²) in [6.45, 7) is 3.27. The fourth-order valence-corrected chi connectivity index (χ4v) is 5.32. The Morgan fingerprint density at radius 1 is 1.00 bits per heavy atom. The number of amides is 2. The third-order valence-electron chi connectivity index (χ3n) is 5.94. The van der Waals surface area contributed by atoms with Crippen LogP contribution < -0.4 is 9.62 Å². The lowest BCUT2D eigenvalue weighted by Gasteiger charge is -2.32. The van der Waals surface area contributed by atoms with Crippen molar-refractivity contribution in [3.63, 3.8) is 0 Å². The zero-order valence-corrected chi connectivity index (χ0v) is 23.1. The second-order valence-corrected chi connectivity index (χ2v) is 11.0. The van der Waals surface area contributed by atoms with Crippen LogP contribution in [0.25, 0.3) is 0 Å². The number of benzene rings is 3. The van der Waals surface area contributed by atoms with Gasteiger partial charge in [-0.1, -0.05) is 48.9 Å². The molecule has 39 heavy (non-hydrogen) atoms. The summed E-state index contributed by atoms with van der Waals surface area (Å²) in [7, 11) is -4.26. The molecule has 0 unspecified atom stereocenters. The van der Waals surface area contributed by atoms with Gasteiger partial charge in [0.05, 0.1) is 15.5 Å². The molecule has 0 saturated heterocycles. The molecule has 0 aromatic heterocycles. The Bertz CT molecular complexity index is 1400. The third kappa shape index (κ3) is 7.55. The van der Waals surface area contributed by atoms with Crippen molar-refractivity contribution in [2.75, 3.05) is 17.4 Å². The van der Waals surface area contributed by atoms with Gasteiger partial charge in [0.25, 0.3) is 15.7 Å². The van der Waals surface area contributed by atoms with E-state index in [4.69, 9.17) is 11.6 Å². The number of hydrogen-bond acceptors (Lipinski definition) is 6. The summed E-state index contributed by atoms with van der Waals surface area (Å²) < 4.78 is 28.2. The van der Waals surface area contributed by atoms with Crippen LogP contribution in [0, 0.1) is 10.1 Å². The van der Waals surface area contributed by atoms with Gasteiger partial charge >= 0.3 is 0 Å². The van der Waals surface area contributed by atoms with E-state index >= 15 is 0 Å². The molecule has 0 aliphatic rings. The highest BCUT2D eigenvalue weighted by Crippen LogP contribution is 2.26. The Labute approximate surface area is 232 Å². The number of non-ortho nitro benzene ring substituents is 1. The van der Waals surface area contributed by atoms with Gasteiger partial charge in [0.2, 0.25) is 11.8 Å². The Morgan fingerprint density at radius 3 is 2.18 bits per heavy atom. The van der Waals surface area contributed by atoms with Gasteiger partial charge in [0, 0.05) is 30.2 Å². The van der Waals surface area contributed by atoms with E-state index in [0.29, 0.717) is 23.6 Å². The molecule has 0 heterocycles. The first kappa shape index (κ1) is 29.6. The van der Waals surface area contributed by atoms with E-state index < -0.39 is 33.4 Å². The van der Waals surface area contributed by atoms with Crippen molar-refractivity contribution >= 4 is 44.8 Å². The lowest BCUT2D eigenvalue weighted by Crippen LogP contribution is -2.51. The van der Waals surface area contributed by atoms with E-state index in [-0.39, 0.29) is 28.7 Å². The topological polar surface area (TPSA) is 130 Å². The van der Waals surface area contributed by atoms with Gasteiger partial charge in [-0.05, 0) is 55.3 Å². The van der Waals surface area contributed by atoms with Crippen LogP contribution >= 0.6 is 11.6 Å². The van der Waals surface area contributed by atoms with E-state index in [0.717, 1.165) is 4.31 Å². The number of carbonyl (C=O) groups excluding carboxylic acids is 2. The number of hydrogen-bond donors (Lipinski definition) is 1. The lowest BCUT2D eigenvalue weighted by molar-refractivity contribution is -0.384. The monoisotopic (exact) mass is 572 g/mol. The van der Waals surface area contributed by atoms with E-state index in [1.165, 1.54) is 41.3 Å². The number of nitrogens with zero attached hydrogens (tertiary/aromatic N) is 3. The summed E-state index contributed by atoms with van der Waals surface area (Å²) in [6.07, 6.45) is 0.701. The number of nitro benzene ring substituents is 1. The van der Waals surface area contributed by atoms with E-state index in [2.05, 4.69) is 5.32 Å². The molecule has 0 bridgehead atoms. The molecule has 0 radical (unpaired) electrons. The quantitative estimate of drug-likeness (QED) is 0.253. The molecule has 0 aliphatic heterocycles. The second-order valence-electron chi connectivity index (χ2n) is 8.71. The van der Waals surface area contributed by atoms with Gasteiger partial charge in [-0.25, -0.2) is 8.42 Å². The molecule has 0 spiro atoms. The summed E-state index contributed by atoms with van der Waals surface area (Å²) in [6, 6.07) is 18.2. The van der Waals surface area contributed by atoms with Gasteiger partial charge in [-0.3, -0.25) is 24.0 Å². The first-order valence-corrected chi connectivity index (χ1v) is 14.0. The molecule has 3 aromatic carbocycles. The zero-order chi connectivity index (χ0) is 28.6. The van der Waals surface area contributed by atoms with E-state index in [1.807, 2.05) is 6.92 Å². The minimum Gasteiger partial charge on any atom is -0.354 e. The van der Waals surface area contributed by atoms with Gasteiger partial charge in [-0.2, -0.15) is 0 Å². The largest absolute Gasteiger partial charge is 0.354 e. The summed E-state index contributed by atoms with van der Waals surface area (Å²) >= 11 is 6.00. The molecule has 0 saturated carbocycles. The van der Waals surface area contributed by atoms with Crippen molar-refractivity contribution in [2.45, 2.75) is 37.8 Å². The maximum atomic E-state index is 13.8. The molecule has 3 aromatic rings. The molecule has 206 valence electrons. The first-order valence-electron chi connectivity index (χ1n) is 12.2. The first-order chi connectivity index (χ1) is 18.5. The molecule has 0 aliphatic carbocycles. The SMILES string of the molecule is CCCNC(=O)[C@@H](C)N(Cc1ccc(Cl)cc1)C(=O)CN(c1ccc([N+](=O)[O-])cc1)S(=O)(=O)c1ccccc1. The minimum absolute atomic E-state index is 0.0240. The van der Waals surface area contributed by atoms with Crippen molar-refractivity contribution in [3.8, 4) is 0 Å². The predicted octanol–water partition coefficient (Wildman–Crippen LogP) is 4.39. The molecular formula is C27H29ClN4O6S. The number of carbonyl (C=O) groups is 2. The highest BCUT2D eigenvalue weighted by Gasteiger charge is 2.32. The second kappa shape index (κ2) is 13.2. The van der Waals surface area contributed by atoms with Crippen LogP contribution in [0.2, 0.25) is 5.02 Å². The summed E-state index contributed by atoms with van der Waals surface area (Å²) in [5, 5.41) is 14.4. The Morgan fingerprint density at radius 2 is 1.62 bits per heavy atom. The summed E-state index contributed by atoms with van der Waals surface area (Å²) in [5.41, 5.74) is 0.524. The average molecular weight is 573 g/mol. The van der Waals surface area contributed by atoms with Crippen LogP contribution in [0.1, 0.15) is 25.8 Å². The number of sulfonamides is 1. The fraction of sp³-hybridized carbons (Fsp3) is 0.259. The standard InChI is InChI=1S/C27H29ClN4O6S/c1-3-17-29-27(34)20(2)30(18-21-9-11-22(28)12-10-21)26(33)19-31(23-13-15-24(16-14-23)32(35)36)39(37,38)25-7-5-4-6-8-25/h4-16,20H,3,17-19H2,1-2H3,(H,29,34)/t20-/m1/s1. The van der Waals surface area contributed by atoms with Crippen molar-refractivity contribution < 1.29 is 22.9 Å². The smallest absolute Gasteiger partial charge is 0.269 e. The van der Waals surface area contributed by atoms with E-state index in [9.17, 15) is 28.1 Å². The fourth-order valence-electron chi connectivity index (χ4n) is 3.75. The van der Waals surface area contributed by atoms with Crippen molar-refractivity contribution in [2.24, 2.45) is 0 Å². The Kier molecular flexibility index (Phi) is 10.0. The van der Waals surface area contributed by atoms with Crippen LogP contribution in [-0.2, 0) is 26.2 Å². The lowest BCUT2D eigenvalue weighted by atomic mass is 10.1. The molecule has 1 atom stereocenters. The summed E-state index contributed by atoms with van der Waals surface area (Å²) in [4.78, 5) is 38.4. The highest BCUT2D eigenvalue weighted by molar-refractivity contribution is 7.92. The molecule has 1 N–H and O–H groups in total. The van der Waals surface area contributed by atoms with Crippen molar-refractivity contribution in [1.29, 1.82) is 0 Å². The normalized spacial score (nSPS) is 11.9. The molecule has 12 heteroatoms. The Balaban J connectivity index is 2.02.